The average molecular weight is 383 g/mol. The zero-order valence-electron chi connectivity index (χ0n) is 15.7. The molecule has 0 aromatic heterocycles. The lowest BCUT2D eigenvalue weighted by atomic mass is 10.2. The molecule has 4 N–H and O–H groups in total. The van der Waals surface area contributed by atoms with E-state index in [1.165, 1.54) is 0 Å². The number of ether oxygens (including phenoxy) is 2. The van der Waals surface area contributed by atoms with Crippen molar-refractivity contribution in [1.82, 2.24) is 0 Å². The lowest BCUT2D eigenvalue weighted by Gasteiger charge is -2.12. The number of hydrogen-bond acceptors (Lipinski definition) is 8. The molecule has 0 aliphatic carbocycles. The number of carbonyl (C=O) groups is 2. The van der Waals surface area contributed by atoms with Crippen LogP contribution in [0.2, 0.25) is 0 Å². The van der Waals surface area contributed by atoms with Crippen molar-refractivity contribution in [3.05, 3.63) is 0 Å². The van der Waals surface area contributed by atoms with Gasteiger partial charge < -0.3 is 20.9 Å². The third kappa shape index (κ3) is 16.4. The summed E-state index contributed by atoms with van der Waals surface area (Å²) in [4.78, 5) is 22.2. The third-order valence-corrected chi connectivity index (χ3v) is 3.86. The summed E-state index contributed by atoms with van der Waals surface area (Å²) in [5, 5.41) is 0. The van der Waals surface area contributed by atoms with Crippen LogP contribution in [-0.4, -0.2) is 60.2 Å². The Labute approximate surface area is 155 Å². The lowest BCUT2D eigenvalue weighted by Crippen LogP contribution is -2.34. The van der Waals surface area contributed by atoms with Gasteiger partial charge in [0.2, 0.25) is 0 Å². The van der Waals surface area contributed by atoms with E-state index in [1.807, 2.05) is 40.2 Å². The van der Waals surface area contributed by atoms with Gasteiger partial charge in [-0.05, 0) is 64.6 Å². The molecule has 8 heteroatoms. The largest absolute Gasteiger partial charge is 0.462 e. The summed E-state index contributed by atoms with van der Waals surface area (Å²) in [5.41, 5.74) is 11.1. The second-order valence-electron chi connectivity index (χ2n) is 5.75. The Kier molecular flexibility index (Phi) is 17.3. The molecule has 0 saturated carbocycles. The molecule has 0 rings (SSSR count). The third-order valence-electron chi connectivity index (χ3n) is 2.58. The van der Waals surface area contributed by atoms with Crippen LogP contribution in [0.3, 0.4) is 0 Å². The molecular weight excluding hydrogens is 348 g/mol. The van der Waals surface area contributed by atoms with Crippen molar-refractivity contribution in [3.8, 4) is 0 Å². The molecule has 0 aromatic carbocycles. The maximum atomic E-state index is 11.1. The fourth-order valence-corrected chi connectivity index (χ4v) is 2.34. The molecule has 0 aliphatic heterocycles. The number of esters is 2. The van der Waals surface area contributed by atoms with E-state index < -0.39 is 12.1 Å². The zero-order chi connectivity index (χ0) is 19.1. The monoisotopic (exact) mass is 382 g/mol. The minimum absolute atomic E-state index is 0.0715. The first-order valence-electron chi connectivity index (χ1n) is 8.05. The summed E-state index contributed by atoms with van der Waals surface area (Å²) in [6, 6.07) is -0.917. The highest BCUT2D eigenvalue weighted by atomic mass is 32.2. The molecule has 0 saturated heterocycles. The second-order valence-corrected chi connectivity index (χ2v) is 7.72. The molecule has 6 nitrogen and oxygen atoms in total. The molecule has 2 atom stereocenters. The molecule has 0 amide bonds. The molecule has 0 aliphatic rings. The molecule has 0 unspecified atom stereocenters. The van der Waals surface area contributed by atoms with E-state index in [-0.39, 0.29) is 24.1 Å². The van der Waals surface area contributed by atoms with Gasteiger partial charge in [0.15, 0.2) is 0 Å². The second kappa shape index (κ2) is 16.1. The Hall–Kier alpha value is -0.440. The molecule has 0 aromatic rings. The van der Waals surface area contributed by atoms with E-state index in [2.05, 4.69) is 0 Å². The van der Waals surface area contributed by atoms with Gasteiger partial charge in [-0.25, -0.2) is 0 Å². The van der Waals surface area contributed by atoms with E-state index in [1.54, 1.807) is 23.5 Å². The molecule has 0 radical (unpaired) electrons. The Bertz CT molecular complexity index is 310. The molecular formula is C16H34N2O4S2. The van der Waals surface area contributed by atoms with Crippen LogP contribution in [0.1, 0.15) is 40.5 Å². The van der Waals surface area contributed by atoms with Gasteiger partial charge in [0.1, 0.15) is 12.1 Å². The van der Waals surface area contributed by atoms with Crippen molar-refractivity contribution >= 4 is 35.5 Å². The fraction of sp³-hybridized carbons (Fsp3) is 0.875. The van der Waals surface area contributed by atoms with Gasteiger partial charge in [-0.15, -0.1) is 0 Å². The maximum absolute atomic E-state index is 11.1. The average Bonchev–Trinajstić information content (AvgIpc) is 2.49. The van der Waals surface area contributed by atoms with Crippen molar-refractivity contribution in [1.29, 1.82) is 0 Å². The topological polar surface area (TPSA) is 105 Å². The maximum Gasteiger partial charge on any atom is 0.323 e. The van der Waals surface area contributed by atoms with Crippen molar-refractivity contribution < 1.29 is 19.1 Å². The van der Waals surface area contributed by atoms with Gasteiger partial charge in [0.25, 0.3) is 0 Å². The predicted molar refractivity (Wildman–Crippen MR) is 104 cm³/mol. The highest BCUT2D eigenvalue weighted by Gasteiger charge is 2.15. The van der Waals surface area contributed by atoms with E-state index in [9.17, 15) is 9.59 Å². The van der Waals surface area contributed by atoms with Gasteiger partial charge in [-0.1, -0.05) is 0 Å². The van der Waals surface area contributed by atoms with Crippen molar-refractivity contribution in [2.24, 2.45) is 11.5 Å². The zero-order valence-corrected chi connectivity index (χ0v) is 17.4. The van der Waals surface area contributed by atoms with Gasteiger partial charge in [-0.2, -0.15) is 23.5 Å². The quantitative estimate of drug-likeness (QED) is 0.553. The van der Waals surface area contributed by atoms with E-state index in [0.717, 1.165) is 11.5 Å². The first-order valence-corrected chi connectivity index (χ1v) is 10.8. The Morgan fingerprint density at radius 1 is 0.792 bits per heavy atom. The number of nitrogens with two attached hydrogens (primary N) is 2. The Morgan fingerprint density at radius 3 is 1.29 bits per heavy atom. The van der Waals surface area contributed by atoms with E-state index in [0.29, 0.717) is 12.8 Å². The number of carbonyl (C=O) groups excluding carboxylic acids is 2. The Morgan fingerprint density at radius 2 is 1.08 bits per heavy atom. The number of hydrogen-bond donors (Lipinski definition) is 2. The first-order chi connectivity index (χ1) is 11.1. The minimum Gasteiger partial charge on any atom is -0.462 e. The summed E-state index contributed by atoms with van der Waals surface area (Å²) >= 11 is 3.36. The SMILES string of the molecule is CSCC[C@H](N)C(=O)OC(C)C.CSCC[C@H](N)C(=O)OC(C)C. The lowest BCUT2D eigenvalue weighted by molar-refractivity contribution is -0.149. The fourth-order valence-electron chi connectivity index (χ4n) is 1.36. The minimum atomic E-state index is -0.458. The molecule has 24 heavy (non-hydrogen) atoms. The normalized spacial score (nSPS) is 13.1. The van der Waals surface area contributed by atoms with Gasteiger partial charge in [-0.3, -0.25) is 9.59 Å². The highest BCUT2D eigenvalue weighted by Crippen LogP contribution is 2.02. The van der Waals surface area contributed by atoms with Crippen LogP contribution in [0.5, 0.6) is 0 Å². The predicted octanol–water partition coefficient (Wildman–Crippen LogP) is 2.04. The van der Waals surface area contributed by atoms with E-state index >= 15 is 0 Å². The number of rotatable bonds is 10. The van der Waals surface area contributed by atoms with Crippen LogP contribution in [0.25, 0.3) is 0 Å². The summed E-state index contributed by atoms with van der Waals surface area (Å²) in [6.07, 6.45) is 5.20. The van der Waals surface area contributed by atoms with Gasteiger partial charge >= 0.3 is 11.9 Å². The summed E-state index contributed by atoms with van der Waals surface area (Å²) in [5.74, 6) is 1.21. The van der Waals surface area contributed by atoms with Gasteiger partial charge in [0, 0.05) is 0 Å². The summed E-state index contributed by atoms with van der Waals surface area (Å²) in [7, 11) is 0. The van der Waals surface area contributed by atoms with Crippen LogP contribution >= 0.6 is 23.5 Å². The number of thioether (sulfide) groups is 2. The van der Waals surface area contributed by atoms with Gasteiger partial charge in [0.05, 0.1) is 12.2 Å². The first kappa shape index (κ1) is 25.8. The van der Waals surface area contributed by atoms with Crippen molar-refractivity contribution in [3.63, 3.8) is 0 Å². The van der Waals surface area contributed by atoms with Crippen LogP contribution in [0, 0.1) is 0 Å². The molecule has 144 valence electrons. The van der Waals surface area contributed by atoms with Crippen LogP contribution in [-0.2, 0) is 19.1 Å². The van der Waals surface area contributed by atoms with Crippen LogP contribution in [0.15, 0.2) is 0 Å². The molecule has 0 fully saturated rings. The summed E-state index contributed by atoms with van der Waals surface area (Å²) < 4.78 is 9.87. The summed E-state index contributed by atoms with van der Waals surface area (Å²) in [6.45, 7) is 7.27. The van der Waals surface area contributed by atoms with Crippen LogP contribution < -0.4 is 11.5 Å². The Balaban J connectivity index is 0. The van der Waals surface area contributed by atoms with E-state index in [4.69, 9.17) is 20.9 Å². The molecule has 0 heterocycles. The molecule has 0 spiro atoms. The van der Waals surface area contributed by atoms with Crippen molar-refractivity contribution in [2.45, 2.75) is 64.8 Å². The highest BCUT2D eigenvalue weighted by molar-refractivity contribution is 7.98. The standard InChI is InChI=1S/2C8H17NO2S/c2*1-6(2)11-8(10)7(9)4-5-12-3/h2*6-7H,4-5,9H2,1-3H3/t2*7-/m00/s1. The smallest absolute Gasteiger partial charge is 0.323 e. The molecule has 0 bridgehead atoms. The van der Waals surface area contributed by atoms with Crippen LogP contribution in [0.4, 0.5) is 0 Å². The van der Waals surface area contributed by atoms with Crippen molar-refractivity contribution in [2.75, 3.05) is 24.0 Å².